The molecule has 0 bridgehead atoms. The van der Waals surface area contributed by atoms with Gasteiger partial charge in [0.15, 0.2) is 0 Å². The quantitative estimate of drug-likeness (QED) is 0.777. The number of benzene rings is 1. The number of hydrogen-bond donors (Lipinski definition) is 3. The van der Waals surface area contributed by atoms with Crippen molar-refractivity contribution in [1.29, 1.82) is 0 Å². The van der Waals surface area contributed by atoms with Crippen LogP contribution >= 0.6 is 0 Å². The van der Waals surface area contributed by atoms with Crippen molar-refractivity contribution in [3.05, 3.63) is 24.0 Å². The molecular formula is C16H23FN4O2. The van der Waals surface area contributed by atoms with Crippen molar-refractivity contribution in [1.82, 2.24) is 10.6 Å². The molecule has 1 aromatic carbocycles. The average molecular weight is 322 g/mol. The molecule has 126 valence electrons. The van der Waals surface area contributed by atoms with Crippen LogP contribution in [0.2, 0.25) is 0 Å². The minimum absolute atomic E-state index is 0.266. The van der Waals surface area contributed by atoms with Gasteiger partial charge in [0.25, 0.3) is 0 Å². The van der Waals surface area contributed by atoms with Gasteiger partial charge in [-0.05, 0) is 44.9 Å². The number of halogens is 1. The van der Waals surface area contributed by atoms with Gasteiger partial charge < -0.3 is 20.9 Å². The van der Waals surface area contributed by atoms with Crippen LogP contribution in [0.5, 0.6) is 0 Å². The monoisotopic (exact) mass is 322 g/mol. The van der Waals surface area contributed by atoms with Gasteiger partial charge in [-0.15, -0.1) is 0 Å². The third kappa shape index (κ3) is 4.58. The Morgan fingerprint density at radius 2 is 2.00 bits per heavy atom. The summed E-state index contributed by atoms with van der Waals surface area (Å²) in [5.41, 5.74) is 0.912. The van der Waals surface area contributed by atoms with Crippen molar-refractivity contribution < 1.29 is 14.0 Å². The fourth-order valence-corrected chi connectivity index (χ4v) is 2.56. The van der Waals surface area contributed by atoms with Crippen molar-refractivity contribution in [2.45, 2.75) is 32.7 Å². The van der Waals surface area contributed by atoms with Gasteiger partial charge in [0.2, 0.25) is 5.91 Å². The largest absolute Gasteiger partial charge is 0.369 e. The molecule has 1 unspecified atom stereocenters. The summed E-state index contributed by atoms with van der Waals surface area (Å²) in [7, 11) is 0. The summed E-state index contributed by atoms with van der Waals surface area (Å²) in [6, 6.07) is 3.42. The maximum Gasteiger partial charge on any atom is 0.319 e. The number of hydrogen-bond acceptors (Lipinski definition) is 3. The molecule has 1 aliphatic rings. The lowest BCUT2D eigenvalue weighted by Crippen LogP contribution is -2.46. The smallest absolute Gasteiger partial charge is 0.319 e. The van der Waals surface area contributed by atoms with Gasteiger partial charge in [-0.1, -0.05) is 0 Å². The number of urea groups is 1. The SMILES string of the molecule is CCNC(=O)C(C)NC(=O)Nc1ccc(N2CCCC2)c(F)c1. The molecule has 1 aliphatic heterocycles. The lowest BCUT2D eigenvalue weighted by molar-refractivity contribution is -0.122. The van der Waals surface area contributed by atoms with E-state index in [0.717, 1.165) is 25.9 Å². The number of carbonyl (C=O) groups excluding carboxylic acids is 2. The molecule has 23 heavy (non-hydrogen) atoms. The molecule has 1 atom stereocenters. The number of carbonyl (C=O) groups is 2. The zero-order valence-electron chi connectivity index (χ0n) is 13.5. The molecule has 0 spiro atoms. The van der Waals surface area contributed by atoms with E-state index >= 15 is 0 Å². The van der Waals surface area contributed by atoms with Gasteiger partial charge in [-0.25, -0.2) is 9.18 Å². The standard InChI is InChI=1S/C16H23FN4O2/c1-3-18-15(22)11(2)19-16(23)20-12-6-7-14(13(17)10-12)21-8-4-5-9-21/h6-7,10-11H,3-5,8-9H2,1-2H3,(H,18,22)(H2,19,20,23). The van der Waals surface area contributed by atoms with Crippen molar-refractivity contribution >= 4 is 23.3 Å². The van der Waals surface area contributed by atoms with Crippen LogP contribution in [0.1, 0.15) is 26.7 Å². The van der Waals surface area contributed by atoms with Crippen LogP contribution < -0.4 is 20.9 Å². The Kier molecular flexibility index (Phi) is 5.78. The third-order valence-electron chi connectivity index (χ3n) is 3.74. The van der Waals surface area contributed by atoms with E-state index in [0.29, 0.717) is 17.9 Å². The predicted molar refractivity (Wildman–Crippen MR) is 88.1 cm³/mol. The number of likely N-dealkylation sites (N-methyl/N-ethyl adjacent to an activating group) is 1. The molecule has 1 fully saturated rings. The summed E-state index contributed by atoms with van der Waals surface area (Å²) in [5.74, 6) is -0.625. The highest BCUT2D eigenvalue weighted by molar-refractivity contribution is 5.93. The second-order valence-corrected chi connectivity index (χ2v) is 5.58. The molecule has 0 aliphatic carbocycles. The number of rotatable bonds is 5. The first kappa shape index (κ1) is 17.1. The molecule has 1 aromatic rings. The van der Waals surface area contributed by atoms with Gasteiger partial charge in [-0.3, -0.25) is 4.79 Å². The van der Waals surface area contributed by atoms with Gasteiger partial charge in [0.05, 0.1) is 5.69 Å². The van der Waals surface area contributed by atoms with Gasteiger partial charge in [-0.2, -0.15) is 0 Å². The average Bonchev–Trinajstić information content (AvgIpc) is 3.01. The zero-order chi connectivity index (χ0) is 16.8. The Labute approximate surface area is 135 Å². The van der Waals surface area contributed by atoms with Gasteiger partial charge >= 0.3 is 6.03 Å². The third-order valence-corrected chi connectivity index (χ3v) is 3.74. The molecule has 3 N–H and O–H groups in total. The lowest BCUT2D eigenvalue weighted by Gasteiger charge is -2.19. The van der Waals surface area contributed by atoms with Gasteiger partial charge in [0.1, 0.15) is 11.9 Å². The summed E-state index contributed by atoms with van der Waals surface area (Å²) < 4.78 is 14.2. The van der Waals surface area contributed by atoms with E-state index in [1.54, 1.807) is 26.0 Å². The van der Waals surface area contributed by atoms with Crippen molar-refractivity contribution in [3.8, 4) is 0 Å². The fourth-order valence-electron chi connectivity index (χ4n) is 2.56. The van der Waals surface area contributed by atoms with Crippen LogP contribution in [-0.4, -0.2) is 37.6 Å². The Hall–Kier alpha value is -2.31. The van der Waals surface area contributed by atoms with Crippen LogP contribution in [0.3, 0.4) is 0 Å². The maximum absolute atomic E-state index is 14.2. The van der Waals surface area contributed by atoms with Crippen molar-refractivity contribution in [2.75, 3.05) is 29.9 Å². The lowest BCUT2D eigenvalue weighted by atomic mass is 10.2. The predicted octanol–water partition coefficient (Wildman–Crippen LogP) is 2.07. The molecule has 2 rings (SSSR count). The summed E-state index contributed by atoms with van der Waals surface area (Å²) in [6.45, 7) is 5.59. The highest BCUT2D eigenvalue weighted by Gasteiger charge is 2.18. The maximum atomic E-state index is 14.2. The van der Waals surface area contributed by atoms with E-state index in [9.17, 15) is 14.0 Å². The number of anilines is 2. The Morgan fingerprint density at radius 3 is 2.61 bits per heavy atom. The zero-order valence-corrected chi connectivity index (χ0v) is 13.5. The van der Waals surface area contributed by atoms with E-state index in [1.807, 2.05) is 4.90 Å². The number of nitrogens with zero attached hydrogens (tertiary/aromatic N) is 1. The minimum atomic E-state index is -0.663. The summed E-state index contributed by atoms with van der Waals surface area (Å²) in [4.78, 5) is 25.4. The number of nitrogens with one attached hydrogen (secondary N) is 3. The fraction of sp³-hybridized carbons (Fsp3) is 0.500. The first-order valence-electron chi connectivity index (χ1n) is 7.91. The van der Waals surface area contributed by atoms with E-state index in [1.165, 1.54) is 6.07 Å². The molecule has 0 radical (unpaired) electrons. The van der Waals surface area contributed by atoms with Crippen LogP contribution in [0.25, 0.3) is 0 Å². The van der Waals surface area contributed by atoms with Crippen LogP contribution in [0, 0.1) is 5.82 Å². The van der Waals surface area contributed by atoms with Crippen molar-refractivity contribution in [2.24, 2.45) is 0 Å². The molecule has 7 heteroatoms. The Balaban J connectivity index is 1.93. The van der Waals surface area contributed by atoms with E-state index in [2.05, 4.69) is 16.0 Å². The highest BCUT2D eigenvalue weighted by Crippen LogP contribution is 2.25. The molecule has 0 aromatic heterocycles. The summed E-state index contributed by atoms with van der Waals surface area (Å²) in [6.07, 6.45) is 2.14. The molecule has 1 heterocycles. The first-order chi connectivity index (χ1) is 11.0. The molecule has 0 saturated carbocycles. The van der Waals surface area contributed by atoms with E-state index in [4.69, 9.17) is 0 Å². The topological polar surface area (TPSA) is 73.5 Å². The summed E-state index contributed by atoms with van der Waals surface area (Å²) >= 11 is 0. The molecular weight excluding hydrogens is 299 g/mol. The van der Waals surface area contributed by atoms with Crippen molar-refractivity contribution in [3.63, 3.8) is 0 Å². The second-order valence-electron chi connectivity index (χ2n) is 5.58. The molecule has 3 amide bonds. The van der Waals surface area contributed by atoms with E-state index in [-0.39, 0.29) is 11.7 Å². The van der Waals surface area contributed by atoms with Crippen LogP contribution in [0.15, 0.2) is 18.2 Å². The molecule has 6 nitrogen and oxygen atoms in total. The Morgan fingerprint density at radius 1 is 1.30 bits per heavy atom. The van der Waals surface area contributed by atoms with E-state index < -0.39 is 12.1 Å². The highest BCUT2D eigenvalue weighted by atomic mass is 19.1. The number of amides is 3. The van der Waals surface area contributed by atoms with Crippen LogP contribution in [-0.2, 0) is 4.79 Å². The minimum Gasteiger partial charge on any atom is -0.369 e. The second kappa shape index (κ2) is 7.80. The normalized spacial score (nSPS) is 15.2. The molecule has 1 saturated heterocycles. The van der Waals surface area contributed by atoms with Gasteiger partial charge in [0, 0.05) is 25.3 Å². The Bertz CT molecular complexity index is 573. The first-order valence-corrected chi connectivity index (χ1v) is 7.91. The van der Waals surface area contributed by atoms with Crippen LogP contribution in [0.4, 0.5) is 20.6 Å². The summed E-state index contributed by atoms with van der Waals surface area (Å²) in [5, 5.41) is 7.66.